The van der Waals surface area contributed by atoms with Crippen molar-refractivity contribution in [1.82, 2.24) is 0 Å². The van der Waals surface area contributed by atoms with E-state index >= 15 is 0 Å². The zero-order valence-corrected chi connectivity index (χ0v) is 8.30. The van der Waals surface area contributed by atoms with Gasteiger partial charge in [-0.05, 0) is 13.8 Å². The molecule has 0 radical (unpaired) electrons. The van der Waals surface area contributed by atoms with Crippen molar-refractivity contribution in [3.05, 3.63) is 0 Å². The van der Waals surface area contributed by atoms with Crippen LogP contribution >= 0.6 is 0 Å². The van der Waals surface area contributed by atoms with Crippen LogP contribution in [0.4, 0.5) is 0 Å². The Morgan fingerprint density at radius 1 is 1.23 bits per heavy atom. The van der Waals surface area contributed by atoms with Crippen LogP contribution in [0.1, 0.15) is 20.8 Å². The van der Waals surface area contributed by atoms with Gasteiger partial charge in [0.2, 0.25) is 0 Å². The Bertz CT molecular complexity index is 162. The van der Waals surface area contributed by atoms with Crippen molar-refractivity contribution in [3.8, 4) is 0 Å². The van der Waals surface area contributed by atoms with Crippen molar-refractivity contribution in [1.29, 1.82) is 0 Å². The smallest absolute Gasteiger partial charge is 0.163 e. The SMILES string of the molecule is CCOC1OC(C)C(O)C(O)C1C. The molecule has 13 heavy (non-hydrogen) atoms. The Labute approximate surface area is 78.5 Å². The first-order valence-electron chi connectivity index (χ1n) is 4.71. The van der Waals surface area contributed by atoms with Gasteiger partial charge in [-0.3, -0.25) is 0 Å². The van der Waals surface area contributed by atoms with Crippen LogP contribution < -0.4 is 0 Å². The number of aliphatic hydroxyl groups excluding tert-OH is 2. The third-order valence-corrected chi connectivity index (χ3v) is 2.48. The monoisotopic (exact) mass is 190 g/mol. The van der Waals surface area contributed by atoms with Gasteiger partial charge in [-0.25, -0.2) is 0 Å². The Morgan fingerprint density at radius 3 is 2.38 bits per heavy atom. The number of hydrogen-bond acceptors (Lipinski definition) is 4. The summed E-state index contributed by atoms with van der Waals surface area (Å²) in [5.41, 5.74) is 0. The minimum atomic E-state index is -0.813. The van der Waals surface area contributed by atoms with Crippen molar-refractivity contribution >= 4 is 0 Å². The average Bonchev–Trinajstić information content (AvgIpc) is 2.11. The summed E-state index contributed by atoms with van der Waals surface area (Å²) in [5, 5.41) is 19.1. The van der Waals surface area contributed by atoms with Crippen molar-refractivity contribution < 1.29 is 19.7 Å². The standard InChI is InChI=1S/C9H18O4/c1-4-12-9-5(2)7(10)8(11)6(3)13-9/h5-11H,4H2,1-3H3. The highest BCUT2D eigenvalue weighted by molar-refractivity contribution is 4.84. The number of ether oxygens (including phenoxy) is 2. The maximum absolute atomic E-state index is 9.60. The summed E-state index contributed by atoms with van der Waals surface area (Å²) in [4.78, 5) is 0. The van der Waals surface area contributed by atoms with Crippen LogP contribution in [0.3, 0.4) is 0 Å². The molecule has 4 heteroatoms. The van der Waals surface area contributed by atoms with E-state index in [1.54, 1.807) is 13.8 Å². The lowest BCUT2D eigenvalue weighted by atomic mass is 9.93. The molecule has 0 aromatic rings. The largest absolute Gasteiger partial charge is 0.390 e. The second kappa shape index (κ2) is 4.37. The van der Waals surface area contributed by atoms with Gasteiger partial charge in [0.05, 0.1) is 12.2 Å². The van der Waals surface area contributed by atoms with Gasteiger partial charge >= 0.3 is 0 Å². The first kappa shape index (κ1) is 10.9. The summed E-state index contributed by atoms with van der Waals surface area (Å²) in [5.74, 6) is -0.189. The van der Waals surface area contributed by atoms with Crippen LogP contribution in [0.5, 0.6) is 0 Å². The average molecular weight is 190 g/mol. The molecule has 1 rings (SSSR count). The van der Waals surface area contributed by atoms with E-state index in [2.05, 4.69) is 0 Å². The molecule has 0 aromatic heterocycles. The molecule has 2 N–H and O–H groups in total. The van der Waals surface area contributed by atoms with Crippen LogP contribution in [0.2, 0.25) is 0 Å². The van der Waals surface area contributed by atoms with E-state index in [0.29, 0.717) is 6.61 Å². The quantitative estimate of drug-likeness (QED) is 0.649. The second-order valence-corrected chi connectivity index (χ2v) is 3.51. The van der Waals surface area contributed by atoms with E-state index in [9.17, 15) is 10.2 Å². The molecular formula is C9H18O4. The van der Waals surface area contributed by atoms with Gasteiger partial charge < -0.3 is 19.7 Å². The Kier molecular flexibility index (Phi) is 3.67. The van der Waals surface area contributed by atoms with Gasteiger partial charge in [-0.1, -0.05) is 6.92 Å². The molecule has 5 atom stereocenters. The van der Waals surface area contributed by atoms with E-state index < -0.39 is 18.5 Å². The van der Waals surface area contributed by atoms with Gasteiger partial charge in [0.25, 0.3) is 0 Å². The molecule has 5 unspecified atom stereocenters. The van der Waals surface area contributed by atoms with Gasteiger partial charge in [-0.2, -0.15) is 0 Å². The predicted molar refractivity (Wildman–Crippen MR) is 47.1 cm³/mol. The van der Waals surface area contributed by atoms with Gasteiger partial charge in [-0.15, -0.1) is 0 Å². The normalized spacial score (nSPS) is 46.4. The van der Waals surface area contributed by atoms with Crippen LogP contribution in [0.25, 0.3) is 0 Å². The second-order valence-electron chi connectivity index (χ2n) is 3.51. The molecule has 0 bridgehead atoms. The van der Waals surface area contributed by atoms with E-state index in [-0.39, 0.29) is 12.0 Å². The Morgan fingerprint density at radius 2 is 1.85 bits per heavy atom. The number of aliphatic hydroxyl groups is 2. The van der Waals surface area contributed by atoms with E-state index in [1.165, 1.54) is 0 Å². The molecule has 1 saturated heterocycles. The lowest BCUT2D eigenvalue weighted by Crippen LogP contribution is -2.53. The molecule has 1 fully saturated rings. The summed E-state index contributed by atoms with van der Waals surface area (Å²) in [6.45, 7) is 5.95. The molecule has 0 aromatic carbocycles. The fourth-order valence-electron chi connectivity index (χ4n) is 1.52. The summed E-state index contributed by atoms with van der Waals surface area (Å²) in [7, 11) is 0. The van der Waals surface area contributed by atoms with Gasteiger partial charge in [0, 0.05) is 12.5 Å². The van der Waals surface area contributed by atoms with Crippen LogP contribution in [-0.4, -0.2) is 41.4 Å². The topological polar surface area (TPSA) is 58.9 Å². The van der Waals surface area contributed by atoms with E-state index in [4.69, 9.17) is 9.47 Å². The Balaban J connectivity index is 2.59. The first-order chi connectivity index (χ1) is 6.07. The predicted octanol–water partition coefficient (Wildman–Crippen LogP) is 0.126. The summed E-state index contributed by atoms with van der Waals surface area (Å²) in [6.07, 6.45) is -2.35. The molecular weight excluding hydrogens is 172 g/mol. The summed E-state index contributed by atoms with van der Waals surface area (Å²) >= 11 is 0. The molecule has 4 nitrogen and oxygen atoms in total. The molecule has 78 valence electrons. The van der Waals surface area contributed by atoms with Crippen molar-refractivity contribution in [2.75, 3.05) is 6.61 Å². The first-order valence-corrected chi connectivity index (χ1v) is 4.71. The highest BCUT2D eigenvalue weighted by Crippen LogP contribution is 2.26. The lowest BCUT2D eigenvalue weighted by molar-refractivity contribution is -0.271. The van der Waals surface area contributed by atoms with Gasteiger partial charge in [0.15, 0.2) is 6.29 Å². The van der Waals surface area contributed by atoms with Crippen molar-refractivity contribution in [2.24, 2.45) is 5.92 Å². The lowest BCUT2D eigenvalue weighted by Gasteiger charge is -2.39. The fraction of sp³-hybridized carbons (Fsp3) is 1.00. The fourth-order valence-corrected chi connectivity index (χ4v) is 1.52. The van der Waals surface area contributed by atoms with Crippen molar-refractivity contribution in [2.45, 2.75) is 45.4 Å². The summed E-state index contributed by atoms with van der Waals surface area (Å²) in [6, 6.07) is 0. The zero-order chi connectivity index (χ0) is 10.0. The Hall–Kier alpha value is -0.160. The molecule has 1 aliphatic heterocycles. The number of rotatable bonds is 2. The minimum Gasteiger partial charge on any atom is -0.390 e. The zero-order valence-electron chi connectivity index (χ0n) is 8.30. The van der Waals surface area contributed by atoms with Crippen LogP contribution in [-0.2, 0) is 9.47 Å². The highest BCUT2D eigenvalue weighted by Gasteiger charge is 2.40. The highest BCUT2D eigenvalue weighted by atomic mass is 16.7. The molecule has 0 aliphatic carbocycles. The van der Waals surface area contributed by atoms with E-state index in [0.717, 1.165) is 0 Å². The van der Waals surface area contributed by atoms with Gasteiger partial charge in [0.1, 0.15) is 6.10 Å². The third kappa shape index (κ3) is 2.20. The molecule has 1 aliphatic rings. The third-order valence-electron chi connectivity index (χ3n) is 2.48. The molecule has 0 saturated carbocycles. The van der Waals surface area contributed by atoms with Crippen molar-refractivity contribution in [3.63, 3.8) is 0 Å². The van der Waals surface area contributed by atoms with E-state index in [1.807, 2.05) is 6.92 Å². The van der Waals surface area contributed by atoms with Crippen LogP contribution in [0, 0.1) is 5.92 Å². The summed E-state index contributed by atoms with van der Waals surface area (Å²) < 4.78 is 10.7. The molecule has 0 spiro atoms. The number of hydrogen-bond donors (Lipinski definition) is 2. The van der Waals surface area contributed by atoms with Crippen LogP contribution in [0.15, 0.2) is 0 Å². The molecule has 1 heterocycles. The maximum Gasteiger partial charge on any atom is 0.163 e. The molecule has 0 amide bonds. The maximum atomic E-state index is 9.60. The minimum absolute atomic E-state index is 0.189.